The second-order valence-corrected chi connectivity index (χ2v) is 7.63. The maximum atomic E-state index is 14.1. The third-order valence-corrected chi connectivity index (χ3v) is 4.31. The summed E-state index contributed by atoms with van der Waals surface area (Å²) in [4.78, 5) is 4.16. The lowest BCUT2D eigenvalue weighted by Crippen LogP contribution is -2.27. The van der Waals surface area contributed by atoms with Gasteiger partial charge in [0.05, 0.1) is 11.6 Å². The molecule has 1 unspecified atom stereocenters. The van der Waals surface area contributed by atoms with Crippen molar-refractivity contribution in [2.75, 3.05) is 5.32 Å². The molecule has 0 fully saturated rings. The van der Waals surface area contributed by atoms with Crippen LogP contribution in [0.5, 0.6) is 0 Å². The van der Waals surface area contributed by atoms with Crippen LogP contribution in [0, 0.1) is 18.2 Å². The van der Waals surface area contributed by atoms with Gasteiger partial charge in [0.25, 0.3) is 0 Å². The van der Waals surface area contributed by atoms with E-state index < -0.39 is 29.0 Å². The maximum Gasteiger partial charge on any atom is 0.419 e. The highest BCUT2D eigenvalue weighted by Gasteiger charge is 2.35. The van der Waals surface area contributed by atoms with Crippen molar-refractivity contribution >= 4 is 11.5 Å². The Balaban J connectivity index is 2.05. The van der Waals surface area contributed by atoms with E-state index in [2.05, 4.69) is 15.4 Å². The molecule has 27 heavy (non-hydrogen) atoms. The normalized spacial score (nSPS) is 13.8. The first kappa shape index (κ1) is 19.1. The van der Waals surface area contributed by atoms with Crippen molar-refractivity contribution in [3.63, 3.8) is 0 Å². The van der Waals surface area contributed by atoms with Gasteiger partial charge in [0, 0.05) is 0 Å². The van der Waals surface area contributed by atoms with Gasteiger partial charge in [-0.05, 0) is 47.7 Å². The van der Waals surface area contributed by atoms with Crippen molar-refractivity contribution in [3.8, 4) is 0 Å². The van der Waals surface area contributed by atoms with Crippen LogP contribution in [0.4, 0.5) is 23.4 Å². The minimum Gasteiger partial charge on any atom is -0.363 e. The minimum atomic E-state index is -4.73. The minimum absolute atomic E-state index is 0.414. The number of alkyl halides is 3. The molecule has 1 N–H and O–H groups in total. The topological polar surface area (TPSA) is 42.2 Å². The number of halogens is 4. The molecular formula is C19H20F4N4. The second-order valence-electron chi connectivity index (χ2n) is 7.63. The zero-order valence-corrected chi connectivity index (χ0v) is 15.4. The summed E-state index contributed by atoms with van der Waals surface area (Å²) >= 11 is 0. The van der Waals surface area contributed by atoms with Crippen molar-refractivity contribution in [2.45, 2.75) is 39.9 Å². The molecule has 3 aromatic rings. The van der Waals surface area contributed by atoms with Gasteiger partial charge >= 0.3 is 6.18 Å². The van der Waals surface area contributed by atoms with Crippen LogP contribution in [0.2, 0.25) is 0 Å². The fourth-order valence-corrected chi connectivity index (χ4v) is 3.05. The molecule has 0 aliphatic carbocycles. The predicted octanol–water partition coefficient (Wildman–Crippen LogP) is 5.39. The van der Waals surface area contributed by atoms with Crippen LogP contribution in [0.1, 0.15) is 43.5 Å². The van der Waals surface area contributed by atoms with Crippen LogP contribution < -0.4 is 5.32 Å². The molecule has 3 rings (SSSR count). The van der Waals surface area contributed by atoms with E-state index in [-0.39, 0.29) is 0 Å². The number of hydrogen-bond donors (Lipinski definition) is 1. The van der Waals surface area contributed by atoms with Gasteiger partial charge in [-0.25, -0.2) is 9.37 Å². The number of pyridine rings is 1. The van der Waals surface area contributed by atoms with E-state index in [1.165, 1.54) is 12.4 Å². The zero-order valence-electron chi connectivity index (χ0n) is 15.4. The number of nitrogens with one attached hydrogen (secondary N) is 1. The predicted molar refractivity (Wildman–Crippen MR) is 94.9 cm³/mol. The lowest BCUT2D eigenvalue weighted by atomic mass is 9.82. The number of aryl methyl sites for hydroxylation is 1. The molecule has 2 aromatic heterocycles. The Labute approximate surface area is 154 Å². The van der Waals surface area contributed by atoms with Gasteiger partial charge in [0.1, 0.15) is 18.0 Å². The van der Waals surface area contributed by atoms with Gasteiger partial charge in [-0.1, -0.05) is 26.8 Å². The fourth-order valence-electron chi connectivity index (χ4n) is 3.05. The summed E-state index contributed by atoms with van der Waals surface area (Å²) in [5.74, 6) is -0.658. The van der Waals surface area contributed by atoms with Gasteiger partial charge in [0.2, 0.25) is 0 Å². The van der Waals surface area contributed by atoms with E-state index >= 15 is 0 Å². The number of aromatic nitrogens is 3. The summed E-state index contributed by atoms with van der Waals surface area (Å²) in [6.07, 6.45) is -3.31. The molecule has 2 heterocycles. The SMILES string of the molecule is Cc1cc(NC(c2ccc(C(F)(F)F)c(F)c2)C(C)(C)C)n2ncnc2c1. The molecule has 0 saturated heterocycles. The highest BCUT2D eigenvalue weighted by Crippen LogP contribution is 2.38. The van der Waals surface area contributed by atoms with E-state index in [0.29, 0.717) is 17.0 Å². The summed E-state index contributed by atoms with van der Waals surface area (Å²) in [7, 11) is 0. The molecule has 0 saturated carbocycles. The van der Waals surface area contributed by atoms with Crippen molar-refractivity contribution in [1.82, 2.24) is 14.6 Å². The first-order valence-corrected chi connectivity index (χ1v) is 8.40. The third kappa shape index (κ3) is 3.89. The largest absolute Gasteiger partial charge is 0.419 e. The van der Waals surface area contributed by atoms with Crippen LogP contribution in [0.3, 0.4) is 0 Å². The van der Waals surface area contributed by atoms with E-state index in [0.717, 1.165) is 17.7 Å². The van der Waals surface area contributed by atoms with E-state index in [1.807, 2.05) is 39.8 Å². The number of fused-ring (bicyclic) bond motifs is 1. The molecular weight excluding hydrogens is 360 g/mol. The quantitative estimate of drug-likeness (QED) is 0.619. The van der Waals surface area contributed by atoms with Gasteiger partial charge < -0.3 is 5.32 Å². The summed E-state index contributed by atoms with van der Waals surface area (Å²) in [6, 6.07) is 6.31. The number of nitrogens with zero attached hydrogens (tertiary/aromatic N) is 3. The second kappa shape index (κ2) is 6.51. The summed E-state index contributed by atoms with van der Waals surface area (Å²) in [5.41, 5.74) is 0.326. The summed E-state index contributed by atoms with van der Waals surface area (Å²) in [5, 5.41) is 7.48. The van der Waals surface area contributed by atoms with Crippen LogP contribution in [-0.4, -0.2) is 14.6 Å². The number of anilines is 1. The molecule has 1 atom stereocenters. The Morgan fingerprint density at radius 3 is 2.37 bits per heavy atom. The number of hydrogen-bond acceptors (Lipinski definition) is 3. The van der Waals surface area contributed by atoms with Crippen molar-refractivity contribution in [1.29, 1.82) is 0 Å². The first-order valence-electron chi connectivity index (χ1n) is 8.40. The Hall–Kier alpha value is -2.64. The van der Waals surface area contributed by atoms with Crippen LogP contribution in [0.25, 0.3) is 5.65 Å². The van der Waals surface area contributed by atoms with E-state index in [1.54, 1.807) is 4.52 Å². The molecule has 1 aromatic carbocycles. The van der Waals surface area contributed by atoms with Gasteiger partial charge in [-0.15, -0.1) is 0 Å². The Morgan fingerprint density at radius 1 is 1.07 bits per heavy atom. The molecule has 144 valence electrons. The molecule has 0 spiro atoms. The highest BCUT2D eigenvalue weighted by atomic mass is 19.4. The molecule has 0 radical (unpaired) electrons. The monoisotopic (exact) mass is 380 g/mol. The van der Waals surface area contributed by atoms with Crippen molar-refractivity contribution in [2.24, 2.45) is 5.41 Å². The summed E-state index contributed by atoms with van der Waals surface area (Å²) in [6.45, 7) is 7.68. The van der Waals surface area contributed by atoms with E-state index in [9.17, 15) is 17.6 Å². The van der Waals surface area contributed by atoms with Gasteiger partial charge in [-0.3, -0.25) is 0 Å². The van der Waals surface area contributed by atoms with Crippen LogP contribution >= 0.6 is 0 Å². The van der Waals surface area contributed by atoms with Gasteiger partial charge in [0.15, 0.2) is 5.65 Å². The number of benzene rings is 1. The third-order valence-electron chi connectivity index (χ3n) is 4.31. The van der Waals surface area contributed by atoms with Crippen molar-refractivity contribution < 1.29 is 17.6 Å². The average Bonchev–Trinajstić information content (AvgIpc) is 2.98. The molecule has 4 nitrogen and oxygen atoms in total. The fraction of sp³-hybridized carbons (Fsp3) is 0.368. The molecule has 0 aliphatic heterocycles. The highest BCUT2D eigenvalue weighted by molar-refractivity contribution is 5.52. The van der Waals surface area contributed by atoms with Gasteiger partial charge in [-0.2, -0.15) is 22.8 Å². The smallest absolute Gasteiger partial charge is 0.363 e. The Kier molecular flexibility index (Phi) is 4.61. The van der Waals surface area contributed by atoms with Crippen molar-refractivity contribution in [3.05, 3.63) is 59.2 Å². The first-order chi connectivity index (χ1) is 12.5. The Bertz CT molecular complexity index is 970. The Morgan fingerprint density at radius 2 is 1.78 bits per heavy atom. The molecule has 8 heteroatoms. The summed E-state index contributed by atoms with van der Waals surface area (Å²) < 4.78 is 54.3. The lowest BCUT2D eigenvalue weighted by molar-refractivity contribution is -0.140. The van der Waals surface area contributed by atoms with Crippen LogP contribution in [-0.2, 0) is 6.18 Å². The lowest BCUT2D eigenvalue weighted by Gasteiger charge is -2.33. The molecule has 0 aliphatic rings. The van der Waals surface area contributed by atoms with E-state index in [4.69, 9.17) is 0 Å². The molecule has 0 amide bonds. The average molecular weight is 380 g/mol. The standard InChI is InChI=1S/C19H20F4N4/c1-11-7-15-24-10-25-27(15)16(8-11)26-17(18(2,3)4)12-5-6-13(14(20)9-12)19(21,22)23/h5-10,17,26H,1-4H3. The number of rotatable bonds is 3. The van der Waals surface area contributed by atoms with Crippen LogP contribution in [0.15, 0.2) is 36.7 Å². The molecule has 0 bridgehead atoms. The zero-order chi connectivity index (χ0) is 20.0. The maximum absolute atomic E-state index is 14.1.